The summed E-state index contributed by atoms with van der Waals surface area (Å²) in [7, 11) is 0. The van der Waals surface area contributed by atoms with Crippen LogP contribution in [0, 0.1) is 6.92 Å². The van der Waals surface area contributed by atoms with Crippen LogP contribution in [0.15, 0.2) is 48.5 Å². The average molecular weight is 261 g/mol. The molecule has 1 N–H and O–H groups in total. The molecular formula is C16H17ClO. The second-order valence-electron chi connectivity index (χ2n) is 4.91. The van der Waals surface area contributed by atoms with Crippen molar-refractivity contribution in [3.63, 3.8) is 0 Å². The second-order valence-corrected chi connectivity index (χ2v) is 5.32. The lowest BCUT2D eigenvalue weighted by Gasteiger charge is -2.24. The van der Waals surface area contributed by atoms with E-state index in [4.69, 9.17) is 11.6 Å². The van der Waals surface area contributed by atoms with Crippen LogP contribution in [0.4, 0.5) is 0 Å². The Labute approximate surface area is 113 Å². The van der Waals surface area contributed by atoms with Gasteiger partial charge in [0, 0.05) is 11.4 Å². The lowest BCUT2D eigenvalue weighted by Crippen LogP contribution is -2.24. The smallest absolute Gasteiger partial charge is 0.0909 e. The molecule has 0 fully saturated rings. The number of hydrogen-bond acceptors (Lipinski definition) is 1. The van der Waals surface area contributed by atoms with Crippen LogP contribution in [-0.2, 0) is 12.0 Å². The summed E-state index contributed by atoms with van der Waals surface area (Å²) in [6, 6.07) is 15.6. The number of rotatable bonds is 3. The molecule has 2 aromatic carbocycles. The van der Waals surface area contributed by atoms with Gasteiger partial charge in [0.05, 0.1) is 5.60 Å². The van der Waals surface area contributed by atoms with Crippen molar-refractivity contribution in [1.82, 2.24) is 0 Å². The minimum atomic E-state index is -0.903. The Bertz CT molecular complexity index is 532. The lowest BCUT2D eigenvalue weighted by atomic mass is 9.89. The van der Waals surface area contributed by atoms with Gasteiger partial charge in [-0.05, 0) is 36.6 Å². The topological polar surface area (TPSA) is 20.2 Å². The summed E-state index contributed by atoms with van der Waals surface area (Å²) in [6.07, 6.45) is 0.510. The summed E-state index contributed by atoms with van der Waals surface area (Å²) < 4.78 is 0. The number of hydrogen-bond donors (Lipinski definition) is 1. The van der Waals surface area contributed by atoms with Crippen LogP contribution >= 0.6 is 11.6 Å². The van der Waals surface area contributed by atoms with Gasteiger partial charge in [0.15, 0.2) is 0 Å². The number of aryl methyl sites for hydroxylation is 1. The third-order valence-corrected chi connectivity index (χ3v) is 3.49. The van der Waals surface area contributed by atoms with E-state index in [0.29, 0.717) is 11.4 Å². The van der Waals surface area contributed by atoms with Gasteiger partial charge in [-0.2, -0.15) is 0 Å². The van der Waals surface area contributed by atoms with Gasteiger partial charge in [-0.25, -0.2) is 0 Å². The van der Waals surface area contributed by atoms with E-state index in [1.165, 1.54) is 0 Å². The molecule has 0 aliphatic rings. The monoisotopic (exact) mass is 260 g/mol. The maximum absolute atomic E-state index is 10.6. The molecule has 0 heterocycles. The largest absolute Gasteiger partial charge is 0.385 e. The molecule has 2 heteroatoms. The molecule has 1 unspecified atom stereocenters. The first-order chi connectivity index (χ1) is 8.49. The van der Waals surface area contributed by atoms with Crippen LogP contribution in [0.1, 0.15) is 23.6 Å². The maximum Gasteiger partial charge on any atom is 0.0909 e. The normalized spacial score (nSPS) is 14.2. The van der Waals surface area contributed by atoms with Crippen LogP contribution < -0.4 is 0 Å². The number of benzene rings is 2. The third-order valence-electron chi connectivity index (χ3n) is 3.14. The molecule has 0 spiro atoms. The predicted octanol–water partition coefficient (Wildman–Crippen LogP) is 4.10. The molecular weight excluding hydrogens is 244 g/mol. The molecule has 2 aromatic rings. The molecule has 1 atom stereocenters. The van der Waals surface area contributed by atoms with Crippen molar-refractivity contribution < 1.29 is 5.11 Å². The first kappa shape index (κ1) is 13.1. The molecule has 0 aliphatic carbocycles. The van der Waals surface area contributed by atoms with Gasteiger partial charge in [-0.1, -0.05) is 54.1 Å². The van der Waals surface area contributed by atoms with Crippen molar-refractivity contribution in [3.8, 4) is 0 Å². The van der Waals surface area contributed by atoms with Crippen LogP contribution in [0.5, 0.6) is 0 Å². The second kappa shape index (κ2) is 5.13. The van der Waals surface area contributed by atoms with Gasteiger partial charge in [0.1, 0.15) is 0 Å². The van der Waals surface area contributed by atoms with Crippen molar-refractivity contribution in [2.75, 3.05) is 0 Å². The van der Waals surface area contributed by atoms with E-state index in [1.807, 2.05) is 62.4 Å². The molecule has 0 aliphatic heterocycles. The SMILES string of the molecule is Cc1ccc(CC(C)(O)c2ccccc2)c(Cl)c1. The van der Waals surface area contributed by atoms with Gasteiger partial charge in [-0.15, -0.1) is 0 Å². The van der Waals surface area contributed by atoms with Crippen molar-refractivity contribution in [2.24, 2.45) is 0 Å². The summed E-state index contributed by atoms with van der Waals surface area (Å²) in [6.45, 7) is 3.82. The standard InChI is InChI=1S/C16H17ClO/c1-12-8-9-13(15(17)10-12)11-16(2,18)14-6-4-3-5-7-14/h3-10,18H,11H2,1-2H3. The minimum absolute atomic E-state index is 0.510. The van der Waals surface area contributed by atoms with Crippen LogP contribution in [0.3, 0.4) is 0 Å². The molecule has 94 valence electrons. The van der Waals surface area contributed by atoms with Crippen molar-refractivity contribution in [2.45, 2.75) is 25.9 Å². The number of halogens is 1. The zero-order valence-corrected chi connectivity index (χ0v) is 11.4. The predicted molar refractivity (Wildman–Crippen MR) is 75.9 cm³/mol. The third kappa shape index (κ3) is 2.92. The van der Waals surface area contributed by atoms with E-state index in [9.17, 15) is 5.11 Å². The Hall–Kier alpha value is -1.31. The molecule has 2 rings (SSSR count). The van der Waals surface area contributed by atoms with Crippen LogP contribution in [0.2, 0.25) is 5.02 Å². The highest BCUT2D eigenvalue weighted by atomic mass is 35.5. The van der Waals surface area contributed by atoms with Gasteiger partial charge < -0.3 is 5.11 Å². The average Bonchev–Trinajstić information content (AvgIpc) is 2.34. The zero-order chi connectivity index (χ0) is 13.2. The van der Waals surface area contributed by atoms with Gasteiger partial charge >= 0.3 is 0 Å². The fourth-order valence-electron chi connectivity index (χ4n) is 2.07. The van der Waals surface area contributed by atoms with Crippen LogP contribution in [-0.4, -0.2) is 5.11 Å². The van der Waals surface area contributed by atoms with Crippen LogP contribution in [0.25, 0.3) is 0 Å². The summed E-state index contributed by atoms with van der Waals surface area (Å²) >= 11 is 6.21. The summed E-state index contributed by atoms with van der Waals surface area (Å²) in [5.74, 6) is 0. The van der Waals surface area contributed by atoms with E-state index in [2.05, 4.69) is 0 Å². The van der Waals surface area contributed by atoms with E-state index in [0.717, 1.165) is 16.7 Å². The highest BCUT2D eigenvalue weighted by Gasteiger charge is 2.24. The molecule has 0 aromatic heterocycles. The van der Waals surface area contributed by atoms with Gasteiger partial charge in [-0.3, -0.25) is 0 Å². The van der Waals surface area contributed by atoms with Gasteiger partial charge in [0.25, 0.3) is 0 Å². The lowest BCUT2D eigenvalue weighted by molar-refractivity contribution is 0.0576. The van der Waals surface area contributed by atoms with E-state index < -0.39 is 5.60 Å². The highest BCUT2D eigenvalue weighted by molar-refractivity contribution is 6.31. The quantitative estimate of drug-likeness (QED) is 0.881. The molecule has 18 heavy (non-hydrogen) atoms. The Kier molecular flexibility index (Phi) is 3.74. The van der Waals surface area contributed by atoms with Crippen molar-refractivity contribution in [1.29, 1.82) is 0 Å². The van der Waals surface area contributed by atoms with E-state index >= 15 is 0 Å². The van der Waals surface area contributed by atoms with Crippen molar-refractivity contribution in [3.05, 3.63) is 70.2 Å². The highest BCUT2D eigenvalue weighted by Crippen LogP contribution is 2.28. The maximum atomic E-state index is 10.6. The fraction of sp³-hybridized carbons (Fsp3) is 0.250. The summed E-state index contributed by atoms with van der Waals surface area (Å²) in [5, 5.41) is 11.3. The summed E-state index contributed by atoms with van der Waals surface area (Å²) in [5.41, 5.74) is 2.10. The Morgan fingerprint density at radius 2 is 1.78 bits per heavy atom. The fourth-order valence-corrected chi connectivity index (χ4v) is 2.37. The summed E-state index contributed by atoms with van der Waals surface area (Å²) in [4.78, 5) is 0. The molecule has 0 amide bonds. The van der Waals surface area contributed by atoms with Crippen molar-refractivity contribution >= 4 is 11.6 Å². The molecule has 0 radical (unpaired) electrons. The first-order valence-electron chi connectivity index (χ1n) is 6.02. The Morgan fingerprint density at radius 1 is 1.11 bits per heavy atom. The van der Waals surface area contributed by atoms with E-state index in [-0.39, 0.29) is 0 Å². The molecule has 0 saturated heterocycles. The van der Waals surface area contributed by atoms with Gasteiger partial charge in [0.2, 0.25) is 0 Å². The zero-order valence-electron chi connectivity index (χ0n) is 10.7. The Morgan fingerprint density at radius 3 is 2.39 bits per heavy atom. The Balaban J connectivity index is 2.28. The molecule has 0 saturated carbocycles. The molecule has 0 bridgehead atoms. The minimum Gasteiger partial charge on any atom is -0.385 e. The number of aliphatic hydroxyl groups is 1. The van der Waals surface area contributed by atoms with E-state index in [1.54, 1.807) is 0 Å². The first-order valence-corrected chi connectivity index (χ1v) is 6.40. The molecule has 1 nitrogen and oxygen atoms in total.